The number of ether oxygens (including phenoxy) is 2. The summed E-state index contributed by atoms with van der Waals surface area (Å²) in [6.07, 6.45) is 0.0595. The van der Waals surface area contributed by atoms with Crippen molar-refractivity contribution in [2.45, 2.75) is 51.9 Å². The van der Waals surface area contributed by atoms with E-state index in [0.717, 1.165) is 0 Å². The molecular formula is C12H22O6S. The first-order valence-corrected chi connectivity index (χ1v) is 7.85. The Bertz CT molecular complexity index is 418. The number of hydrogen-bond acceptors (Lipinski definition) is 6. The molecule has 0 spiro atoms. The fourth-order valence-corrected chi connectivity index (χ4v) is 2.90. The summed E-state index contributed by atoms with van der Waals surface area (Å²) in [7, 11) is -3.91. The summed E-state index contributed by atoms with van der Waals surface area (Å²) < 4.78 is 33.6. The average molecular weight is 294 g/mol. The first-order valence-electron chi connectivity index (χ1n) is 6.13. The Balaban J connectivity index is 4.86. The van der Waals surface area contributed by atoms with Gasteiger partial charge < -0.3 is 9.47 Å². The minimum Gasteiger partial charge on any atom is -0.465 e. The number of sulfone groups is 1. The molecule has 0 aromatic rings. The molecule has 0 amide bonds. The average Bonchev–Trinajstić information content (AvgIpc) is 2.13. The first kappa shape index (κ1) is 17.9. The van der Waals surface area contributed by atoms with Gasteiger partial charge in [0.15, 0.2) is 15.1 Å². The Morgan fingerprint density at radius 3 is 2.05 bits per heavy atom. The summed E-state index contributed by atoms with van der Waals surface area (Å²) in [6, 6.07) is 0. The van der Waals surface area contributed by atoms with Crippen molar-refractivity contribution < 1.29 is 27.5 Å². The molecule has 112 valence electrons. The van der Waals surface area contributed by atoms with Gasteiger partial charge in [0, 0.05) is 0 Å². The van der Waals surface area contributed by atoms with E-state index in [9.17, 15) is 18.0 Å². The number of esters is 2. The minimum absolute atomic E-state index is 0.0595. The summed E-state index contributed by atoms with van der Waals surface area (Å²) in [5.41, 5.74) is -0.766. The predicted octanol–water partition coefficient (Wildman–Crippen LogP) is 1.08. The van der Waals surface area contributed by atoms with Gasteiger partial charge in [-0.25, -0.2) is 8.42 Å². The van der Waals surface area contributed by atoms with E-state index in [2.05, 4.69) is 0 Å². The fourth-order valence-electron chi connectivity index (χ4n) is 1.44. The zero-order valence-electron chi connectivity index (χ0n) is 12.1. The molecule has 0 saturated heterocycles. The highest BCUT2D eigenvalue weighted by molar-refractivity contribution is 7.93. The second-order valence-electron chi connectivity index (χ2n) is 5.04. The van der Waals surface area contributed by atoms with Gasteiger partial charge in [-0.3, -0.25) is 9.59 Å². The Kier molecular flexibility index (Phi) is 6.48. The molecule has 19 heavy (non-hydrogen) atoms. The Labute approximate surface area is 114 Å². The van der Waals surface area contributed by atoms with Crippen LogP contribution in [0.4, 0.5) is 0 Å². The fraction of sp³-hybridized carbons (Fsp3) is 0.833. The second-order valence-corrected chi connectivity index (χ2v) is 7.23. The van der Waals surface area contributed by atoms with Crippen LogP contribution in [0.5, 0.6) is 0 Å². The van der Waals surface area contributed by atoms with Crippen molar-refractivity contribution in [1.29, 1.82) is 0 Å². The monoisotopic (exact) mass is 294 g/mol. The molecular weight excluding hydrogens is 272 g/mol. The summed E-state index contributed by atoms with van der Waals surface area (Å²) in [4.78, 5) is 23.1. The van der Waals surface area contributed by atoms with Crippen molar-refractivity contribution in [1.82, 2.24) is 0 Å². The smallest absolute Gasteiger partial charge is 0.324 e. The van der Waals surface area contributed by atoms with Crippen LogP contribution in [0.1, 0.15) is 41.0 Å². The van der Waals surface area contributed by atoms with E-state index in [1.165, 1.54) is 0 Å². The summed E-state index contributed by atoms with van der Waals surface area (Å²) >= 11 is 0. The third kappa shape index (κ3) is 6.56. The molecule has 0 radical (unpaired) electrons. The van der Waals surface area contributed by atoms with E-state index in [4.69, 9.17) is 9.47 Å². The molecule has 1 atom stereocenters. The standard InChI is InChI=1S/C12H22O6S/c1-6-9(11(14)17-7-2)19(15,16)8-10(13)18-12(3,4)5/h9H,6-8H2,1-5H3. The Hall–Kier alpha value is -1.11. The Morgan fingerprint density at radius 1 is 1.16 bits per heavy atom. The quantitative estimate of drug-likeness (QED) is 0.681. The van der Waals surface area contributed by atoms with Gasteiger partial charge in [0.1, 0.15) is 11.4 Å². The van der Waals surface area contributed by atoms with Gasteiger partial charge in [-0.15, -0.1) is 0 Å². The highest BCUT2D eigenvalue weighted by atomic mass is 32.2. The van der Waals surface area contributed by atoms with Gasteiger partial charge in [0.25, 0.3) is 0 Å². The van der Waals surface area contributed by atoms with Gasteiger partial charge >= 0.3 is 11.9 Å². The molecule has 0 heterocycles. The van der Waals surface area contributed by atoms with Crippen LogP contribution < -0.4 is 0 Å². The van der Waals surface area contributed by atoms with Crippen LogP contribution in [0, 0.1) is 0 Å². The SMILES string of the molecule is CCOC(=O)C(CC)S(=O)(=O)CC(=O)OC(C)(C)C. The van der Waals surface area contributed by atoms with Crippen molar-refractivity contribution in [2.24, 2.45) is 0 Å². The van der Waals surface area contributed by atoms with Crippen molar-refractivity contribution in [3.05, 3.63) is 0 Å². The van der Waals surface area contributed by atoms with Crippen LogP contribution in [0.25, 0.3) is 0 Å². The first-order chi connectivity index (χ1) is 8.53. The lowest BCUT2D eigenvalue weighted by atomic mass is 10.2. The van der Waals surface area contributed by atoms with E-state index in [0.29, 0.717) is 0 Å². The zero-order valence-corrected chi connectivity index (χ0v) is 12.9. The third-order valence-corrected chi connectivity index (χ3v) is 4.12. The van der Waals surface area contributed by atoms with Gasteiger partial charge in [0.05, 0.1) is 6.61 Å². The lowest BCUT2D eigenvalue weighted by Crippen LogP contribution is -2.37. The maximum atomic E-state index is 12.0. The summed E-state index contributed by atoms with van der Waals surface area (Å²) in [5.74, 6) is -2.51. The van der Waals surface area contributed by atoms with Crippen molar-refractivity contribution >= 4 is 21.8 Å². The third-order valence-electron chi connectivity index (χ3n) is 2.09. The van der Waals surface area contributed by atoms with Gasteiger partial charge in [0.2, 0.25) is 0 Å². The minimum atomic E-state index is -3.91. The zero-order chi connectivity index (χ0) is 15.3. The molecule has 0 fully saturated rings. The van der Waals surface area contributed by atoms with E-state index in [-0.39, 0.29) is 13.0 Å². The molecule has 0 aliphatic rings. The molecule has 0 aliphatic carbocycles. The topological polar surface area (TPSA) is 86.7 Å². The van der Waals surface area contributed by atoms with E-state index in [1.54, 1.807) is 34.6 Å². The molecule has 0 bridgehead atoms. The van der Waals surface area contributed by atoms with Crippen LogP contribution in [0.15, 0.2) is 0 Å². The van der Waals surface area contributed by atoms with Gasteiger partial charge in [-0.2, -0.15) is 0 Å². The molecule has 0 aromatic carbocycles. The lowest BCUT2D eigenvalue weighted by Gasteiger charge is -2.20. The molecule has 0 aliphatic heterocycles. The Morgan fingerprint density at radius 2 is 1.68 bits per heavy atom. The lowest BCUT2D eigenvalue weighted by molar-refractivity contribution is -0.151. The largest absolute Gasteiger partial charge is 0.465 e. The molecule has 0 aromatic heterocycles. The van der Waals surface area contributed by atoms with Crippen molar-refractivity contribution in [3.63, 3.8) is 0 Å². The molecule has 7 heteroatoms. The molecule has 0 N–H and O–H groups in total. The second kappa shape index (κ2) is 6.88. The number of carbonyl (C=O) groups is 2. The van der Waals surface area contributed by atoms with Crippen molar-refractivity contribution in [3.8, 4) is 0 Å². The van der Waals surface area contributed by atoms with E-state index >= 15 is 0 Å². The van der Waals surface area contributed by atoms with Gasteiger partial charge in [-0.1, -0.05) is 6.92 Å². The highest BCUT2D eigenvalue weighted by Gasteiger charge is 2.35. The predicted molar refractivity (Wildman–Crippen MR) is 70.3 cm³/mol. The maximum absolute atomic E-state index is 12.0. The maximum Gasteiger partial charge on any atom is 0.324 e. The molecule has 1 unspecified atom stereocenters. The summed E-state index contributed by atoms with van der Waals surface area (Å²) in [5, 5.41) is -1.32. The van der Waals surface area contributed by atoms with Crippen LogP contribution in [-0.4, -0.2) is 43.6 Å². The summed E-state index contributed by atoms with van der Waals surface area (Å²) in [6.45, 7) is 8.15. The number of carbonyl (C=O) groups excluding carboxylic acids is 2. The van der Waals surface area contributed by atoms with Crippen LogP contribution in [0.3, 0.4) is 0 Å². The van der Waals surface area contributed by atoms with Crippen LogP contribution >= 0.6 is 0 Å². The van der Waals surface area contributed by atoms with Crippen molar-refractivity contribution in [2.75, 3.05) is 12.4 Å². The van der Waals surface area contributed by atoms with Gasteiger partial charge in [-0.05, 0) is 34.1 Å². The molecule has 0 rings (SSSR count). The molecule has 0 saturated carbocycles. The highest BCUT2D eigenvalue weighted by Crippen LogP contribution is 2.13. The normalized spacial score (nSPS) is 13.7. The number of rotatable bonds is 6. The van der Waals surface area contributed by atoms with E-state index in [1.807, 2.05) is 0 Å². The van der Waals surface area contributed by atoms with E-state index < -0.39 is 38.4 Å². The molecule has 6 nitrogen and oxygen atoms in total. The van der Waals surface area contributed by atoms with Crippen LogP contribution in [0.2, 0.25) is 0 Å². The number of hydrogen-bond donors (Lipinski definition) is 0. The van der Waals surface area contributed by atoms with Crippen LogP contribution in [-0.2, 0) is 28.9 Å².